The highest BCUT2D eigenvalue weighted by Gasteiger charge is 2.32. The van der Waals surface area contributed by atoms with Crippen LogP contribution >= 0.6 is 12.0 Å². The molecule has 3 aromatic rings. The first-order valence-corrected chi connectivity index (χ1v) is 10.9. The highest BCUT2D eigenvalue weighted by molar-refractivity contribution is 7.95. The number of methoxy groups -OCH3 is 2. The molecule has 0 N–H and O–H groups in total. The molecule has 0 fully saturated rings. The molecule has 0 unspecified atom stereocenters. The third kappa shape index (κ3) is 5.87. The van der Waals surface area contributed by atoms with E-state index in [1.807, 2.05) is 19.1 Å². The van der Waals surface area contributed by atoms with Crippen LogP contribution in [0.15, 0.2) is 36.7 Å². The van der Waals surface area contributed by atoms with E-state index < -0.39 is 17.6 Å². The predicted molar refractivity (Wildman–Crippen MR) is 121 cm³/mol. The van der Waals surface area contributed by atoms with Crippen LogP contribution in [0.3, 0.4) is 0 Å². The van der Waals surface area contributed by atoms with Gasteiger partial charge in [-0.25, -0.2) is 0 Å². The summed E-state index contributed by atoms with van der Waals surface area (Å²) in [6, 6.07) is 7.04. The normalized spacial score (nSPS) is 11.4. The molecule has 0 bridgehead atoms. The number of pyridine rings is 1. The molecule has 0 saturated heterocycles. The topological polar surface area (TPSA) is 59.0 Å². The Labute approximate surface area is 194 Å². The molecule has 0 aliphatic heterocycles. The molecular formula is C23H24F3NO5S. The smallest absolute Gasteiger partial charge is 0.479 e. The van der Waals surface area contributed by atoms with Crippen molar-refractivity contribution in [1.82, 2.24) is 4.98 Å². The van der Waals surface area contributed by atoms with Gasteiger partial charge in [0.15, 0.2) is 35.0 Å². The zero-order chi connectivity index (χ0) is 24.0. The Balaban J connectivity index is 2.06. The Bertz CT molecular complexity index is 1080. The summed E-state index contributed by atoms with van der Waals surface area (Å²) in [5, 5.41) is 1.11. The largest absolute Gasteiger partial charge is 0.493 e. The van der Waals surface area contributed by atoms with Crippen molar-refractivity contribution < 1.29 is 36.3 Å². The van der Waals surface area contributed by atoms with Crippen LogP contribution < -0.4 is 23.1 Å². The van der Waals surface area contributed by atoms with Crippen molar-refractivity contribution >= 4 is 22.8 Å². The number of alkyl halides is 3. The van der Waals surface area contributed by atoms with E-state index in [0.29, 0.717) is 41.0 Å². The fourth-order valence-electron chi connectivity index (χ4n) is 3.39. The van der Waals surface area contributed by atoms with Gasteiger partial charge >= 0.3 is 5.51 Å². The Morgan fingerprint density at radius 2 is 1.52 bits per heavy atom. The van der Waals surface area contributed by atoms with Gasteiger partial charge in [0, 0.05) is 17.8 Å². The quantitative estimate of drug-likeness (QED) is 0.319. The molecule has 3 rings (SSSR count). The lowest BCUT2D eigenvalue weighted by Crippen LogP contribution is -2.04. The monoisotopic (exact) mass is 483 g/mol. The summed E-state index contributed by atoms with van der Waals surface area (Å²) >= 11 is -0.587. The second kappa shape index (κ2) is 10.7. The van der Waals surface area contributed by atoms with E-state index in [1.54, 1.807) is 25.3 Å². The zero-order valence-corrected chi connectivity index (χ0v) is 19.4. The van der Waals surface area contributed by atoms with E-state index in [2.05, 4.69) is 4.98 Å². The third-order valence-corrected chi connectivity index (χ3v) is 5.10. The van der Waals surface area contributed by atoms with Crippen LogP contribution in [0.4, 0.5) is 13.2 Å². The van der Waals surface area contributed by atoms with E-state index in [0.717, 1.165) is 11.1 Å². The summed E-state index contributed by atoms with van der Waals surface area (Å²) in [5.74, 6) is 1.73. The average molecular weight is 484 g/mol. The number of fused-ring (bicyclic) bond motifs is 1. The van der Waals surface area contributed by atoms with Gasteiger partial charge in [-0.1, -0.05) is 6.07 Å². The van der Waals surface area contributed by atoms with Crippen LogP contribution in [0, 0.1) is 0 Å². The second-order valence-electron chi connectivity index (χ2n) is 6.77. The molecule has 0 amide bonds. The number of ether oxygens (including phenoxy) is 4. The summed E-state index contributed by atoms with van der Waals surface area (Å²) in [6.07, 6.45) is 3.55. The van der Waals surface area contributed by atoms with E-state index in [1.165, 1.54) is 20.4 Å². The van der Waals surface area contributed by atoms with Gasteiger partial charge in [-0.2, -0.15) is 13.2 Å². The zero-order valence-electron chi connectivity index (χ0n) is 18.6. The number of hydrogen-bond acceptors (Lipinski definition) is 7. The van der Waals surface area contributed by atoms with E-state index in [-0.39, 0.29) is 18.1 Å². The Morgan fingerprint density at radius 1 is 0.848 bits per heavy atom. The molecule has 1 aromatic heterocycles. The second-order valence-corrected chi connectivity index (χ2v) is 7.57. The fraction of sp³-hybridized carbons (Fsp3) is 0.348. The summed E-state index contributed by atoms with van der Waals surface area (Å²) in [4.78, 5) is 4.23. The van der Waals surface area contributed by atoms with Crippen molar-refractivity contribution in [2.24, 2.45) is 0 Å². The maximum absolute atomic E-state index is 12.8. The molecule has 0 aliphatic carbocycles. The fourth-order valence-corrected chi connectivity index (χ4v) is 3.74. The lowest BCUT2D eigenvalue weighted by molar-refractivity contribution is -0.0369. The summed E-state index contributed by atoms with van der Waals surface area (Å²) in [7, 11) is 3.08. The molecule has 0 saturated carbocycles. The highest BCUT2D eigenvalue weighted by Crippen LogP contribution is 2.43. The Hall–Kier alpha value is -3.01. The van der Waals surface area contributed by atoms with Gasteiger partial charge in [0.2, 0.25) is 5.75 Å². The maximum Gasteiger partial charge on any atom is 0.479 e. The van der Waals surface area contributed by atoms with Gasteiger partial charge in [-0.15, -0.1) is 0 Å². The molecule has 0 radical (unpaired) electrons. The summed E-state index contributed by atoms with van der Waals surface area (Å²) < 4.78 is 65.5. The van der Waals surface area contributed by atoms with Gasteiger partial charge in [0.1, 0.15) is 0 Å². The van der Waals surface area contributed by atoms with Crippen LogP contribution in [0.25, 0.3) is 10.8 Å². The molecule has 10 heteroatoms. The predicted octanol–water partition coefficient (Wildman–Crippen LogP) is 6.19. The number of nitrogens with zero attached hydrogens (tertiary/aromatic N) is 1. The molecular weight excluding hydrogens is 459 g/mol. The molecule has 178 valence electrons. The molecule has 0 aliphatic rings. The van der Waals surface area contributed by atoms with Crippen molar-refractivity contribution in [3.63, 3.8) is 0 Å². The van der Waals surface area contributed by atoms with Gasteiger partial charge in [-0.05, 0) is 55.0 Å². The van der Waals surface area contributed by atoms with Crippen LogP contribution in [0.5, 0.6) is 28.7 Å². The van der Waals surface area contributed by atoms with E-state index in [9.17, 15) is 13.2 Å². The molecule has 1 heterocycles. The molecule has 33 heavy (non-hydrogen) atoms. The Morgan fingerprint density at radius 3 is 2.09 bits per heavy atom. The minimum Gasteiger partial charge on any atom is -0.493 e. The van der Waals surface area contributed by atoms with Crippen molar-refractivity contribution in [3.05, 3.63) is 47.8 Å². The van der Waals surface area contributed by atoms with Gasteiger partial charge in [0.05, 0.1) is 27.4 Å². The lowest BCUT2D eigenvalue weighted by Gasteiger charge is -2.17. The van der Waals surface area contributed by atoms with E-state index in [4.69, 9.17) is 23.1 Å². The molecule has 2 aromatic carbocycles. The molecule has 0 atom stereocenters. The number of hydrogen-bond donors (Lipinski definition) is 0. The van der Waals surface area contributed by atoms with Gasteiger partial charge < -0.3 is 23.1 Å². The standard InChI is InChI=1S/C23H24F3NO5S/c1-5-30-18-8-7-16-15(12-27-13-17(16)21(18)32-33-23(24,25)26)9-14-10-19(28-3)22(31-6-2)20(11-14)29-4/h7-8,10-13H,5-6,9H2,1-4H3. The summed E-state index contributed by atoms with van der Waals surface area (Å²) in [5.41, 5.74) is -2.93. The molecule has 0 spiro atoms. The van der Waals surface area contributed by atoms with Gasteiger partial charge in [0.25, 0.3) is 0 Å². The number of rotatable bonds is 10. The van der Waals surface area contributed by atoms with Crippen molar-refractivity contribution in [3.8, 4) is 28.7 Å². The summed E-state index contributed by atoms with van der Waals surface area (Å²) in [6.45, 7) is 4.33. The highest BCUT2D eigenvalue weighted by atomic mass is 32.2. The van der Waals surface area contributed by atoms with Crippen LogP contribution in [0.2, 0.25) is 0 Å². The van der Waals surface area contributed by atoms with Crippen molar-refractivity contribution in [2.75, 3.05) is 27.4 Å². The Kier molecular flexibility index (Phi) is 8.01. The van der Waals surface area contributed by atoms with Gasteiger partial charge in [-0.3, -0.25) is 4.98 Å². The third-order valence-electron chi connectivity index (χ3n) is 4.66. The maximum atomic E-state index is 12.8. The number of halogens is 3. The van der Waals surface area contributed by atoms with Crippen molar-refractivity contribution in [1.29, 1.82) is 0 Å². The minimum atomic E-state index is -4.56. The number of benzene rings is 2. The van der Waals surface area contributed by atoms with Crippen LogP contribution in [-0.2, 0) is 6.42 Å². The SMILES string of the molecule is CCOc1ccc2c(Cc3cc(OC)c(OCC)c(OC)c3)cncc2c1OSC(F)(F)F. The minimum absolute atomic E-state index is 0.0205. The van der Waals surface area contributed by atoms with E-state index >= 15 is 0 Å². The van der Waals surface area contributed by atoms with Crippen molar-refractivity contribution in [2.45, 2.75) is 25.8 Å². The van der Waals surface area contributed by atoms with Crippen LogP contribution in [0.1, 0.15) is 25.0 Å². The number of aromatic nitrogens is 1. The molecule has 6 nitrogen and oxygen atoms in total. The van der Waals surface area contributed by atoms with Crippen LogP contribution in [-0.4, -0.2) is 37.9 Å². The lowest BCUT2D eigenvalue weighted by atomic mass is 9.99. The first kappa shape index (κ1) is 24.6. The average Bonchev–Trinajstić information content (AvgIpc) is 2.78. The first-order chi connectivity index (χ1) is 15.8. The first-order valence-electron chi connectivity index (χ1n) is 10.1.